The van der Waals surface area contributed by atoms with E-state index >= 15 is 0 Å². The Balaban J connectivity index is 1.67. The first kappa shape index (κ1) is 19.4. The molecule has 3 rings (SSSR count). The third kappa shape index (κ3) is 5.56. The number of thiazole rings is 1. The van der Waals surface area contributed by atoms with Crippen LogP contribution in [0, 0.1) is 0 Å². The molecule has 0 bridgehead atoms. The summed E-state index contributed by atoms with van der Waals surface area (Å²) in [4.78, 5) is 0.815. The molecular weight excluding hydrogens is 384 g/mol. The summed E-state index contributed by atoms with van der Waals surface area (Å²) in [6, 6.07) is 11.9. The molecule has 0 fully saturated rings. The van der Waals surface area contributed by atoms with Crippen LogP contribution < -0.4 is 9.37 Å². The number of para-hydroxylation sites is 1. The van der Waals surface area contributed by atoms with Crippen LogP contribution in [0.4, 0.5) is 0 Å². The highest BCUT2D eigenvalue weighted by Crippen LogP contribution is 2.15. The second kappa shape index (κ2) is 8.55. The maximum absolute atomic E-state index is 10.6. The summed E-state index contributed by atoms with van der Waals surface area (Å²) in [6.45, 7) is 0.639. The minimum absolute atomic E-state index is 0.320. The molecule has 0 N–H and O–H groups in total. The molecule has 142 valence electrons. The highest BCUT2D eigenvalue weighted by molar-refractivity contribution is 7.85. The highest BCUT2D eigenvalue weighted by atomic mass is 32.2. The largest absolute Gasteiger partial charge is 0.748 e. The van der Waals surface area contributed by atoms with Gasteiger partial charge in [-0.3, -0.25) is 0 Å². The molecular formula is C18H20N4O3S2. The molecule has 0 saturated carbocycles. The molecule has 0 aliphatic heterocycles. The Hall–Kier alpha value is -2.36. The molecule has 0 aliphatic rings. The van der Waals surface area contributed by atoms with Crippen LogP contribution in [0.2, 0.25) is 0 Å². The van der Waals surface area contributed by atoms with Crippen molar-refractivity contribution in [3.8, 4) is 0 Å². The van der Waals surface area contributed by atoms with E-state index in [0.29, 0.717) is 19.4 Å². The number of hydrogen-bond donors (Lipinski definition) is 0. The molecule has 0 spiro atoms. The normalized spacial score (nSPS) is 13.0. The van der Waals surface area contributed by atoms with Crippen LogP contribution in [0.5, 0.6) is 0 Å². The fourth-order valence-electron chi connectivity index (χ4n) is 2.65. The average molecular weight is 405 g/mol. The second-order valence-corrected chi connectivity index (χ2v) is 8.63. The van der Waals surface area contributed by atoms with Gasteiger partial charge in [0.25, 0.3) is 0 Å². The number of aryl methyl sites for hydroxylation is 2. The maximum Gasteiger partial charge on any atom is 0.211 e. The van der Waals surface area contributed by atoms with Crippen molar-refractivity contribution in [3.63, 3.8) is 0 Å². The van der Waals surface area contributed by atoms with Crippen molar-refractivity contribution in [2.24, 2.45) is 17.3 Å². The lowest BCUT2D eigenvalue weighted by Gasteiger charge is -2.04. The summed E-state index contributed by atoms with van der Waals surface area (Å²) < 4.78 is 37.0. The van der Waals surface area contributed by atoms with Crippen molar-refractivity contribution in [1.29, 1.82) is 0 Å². The zero-order chi connectivity index (χ0) is 19.3. The van der Waals surface area contributed by atoms with Crippen molar-refractivity contribution < 1.29 is 17.5 Å². The fraction of sp³-hybridized carbons (Fsp3) is 0.278. The summed E-state index contributed by atoms with van der Waals surface area (Å²) in [6.07, 6.45) is 6.47. The lowest BCUT2D eigenvalue weighted by atomic mass is 10.3. The summed E-state index contributed by atoms with van der Waals surface area (Å²) >= 11 is 1.58. The summed E-state index contributed by atoms with van der Waals surface area (Å²) in [5.74, 6) is -0.320. The van der Waals surface area contributed by atoms with Gasteiger partial charge < -0.3 is 9.12 Å². The SMILES string of the molecule is Cn1c(=NN=Cc2ccc[n+](CCCCS(=O)(=O)[O-])c2)sc2ccccc21. The van der Waals surface area contributed by atoms with Gasteiger partial charge in [-0.1, -0.05) is 23.5 Å². The number of aromatic nitrogens is 2. The summed E-state index contributed by atoms with van der Waals surface area (Å²) in [5, 5.41) is 8.50. The fourth-order valence-corrected chi connectivity index (χ4v) is 4.19. The Morgan fingerprint density at radius 3 is 2.81 bits per heavy atom. The molecule has 0 unspecified atom stereocenters. The van der Waals surface area contributed by atoms with Gasteiger partial charge in [-0.15, -0.1) is 5.10 Å². The molecule has 0 saturated heterocycles. The van der Waals surface area contributed by atoms with E-state index < -0.39 is 10.1 Å². The molecule has 9 heteroatoms. The van der Waals surface area contributed by atoms with Crippen molar-refractivity contribution >= 4 is 37.9 Å². The Labute approximate surface area is 161 Å². The van der Waals surface area contributed by atoms with E-state index in [0.717, 1.165) is 20.6 Å². The molecule has 0 atom stereocenters. The zero-order valence-corrected chi connectivity index (χ0v) is 16.5. The minimum atomic E-state index is -4.13. The number of fused-ring (bicyclic) bond motifs is 1. The molecule has 0 radical (unpaired) electrons. The van der Waals surface area contributed by atoms with Crippen molar-refractivity contribution in [1.82, 2.24) is 4.57 Å². The van der Waals surface area contributed by atoms with E-state index in [1.54, 1.807) is 17.6 Å². The Morgan fingerprint density at radius 1 is 1.22 bits per heavy atom. The number of pyridine rings is 1. The average Bonchev–Trinajstić information content (AvgIpc) is 2.95. The van der Waals surface area contributed by atoms with Crippen molar-refractivity contribution in [2.75, 3.05) is 5.75 Å². The van der Waals surface area contributed by atoms with Crippen molar-refractivity contribution in [2.45, 2.75) is 19.4 Å². The van der Waals surface area contributed by atoms with Gasteiger partial charge in [-0.2, -0.15) is 5.10 Å². The monoisotopic (exact) mass is 404 g/mol. The first-order chi connectivity index (χ1) is 12.9. The lowest BCUT2D eigenvalue weighted by molar-refractivity contribution is -0.697. The molecule has 2 aromatic heterocycles. The Kier molecular flexibility index (Phi) is 6.15. The first-order valence-corrected chi connectivity index (χ1v) is 10.9. The molecule has 7 nitrogen and oxygen atoms in total. The number of nitrogens with zero attached hydrogens (tertiary/aromatic N) is 4. The van der Waals surface area contributed by atoms with E-state index in [1.807, 2.05) is 58.9 Å². The van der Waals surface area contributed by atoms with Crippen LogP contribution in [0.15, 0.2) is 59.0 Å². The molecule has 27 heavy (non-hydrogen) atoms. The second-order valence-electron chi connectivity index (χ2n) is 6.10. The third-order valence-electron chi connectivity index (χ3n) is 4.01. The van der Waals surface area contributed by atoms with Gasteiger partial charge in [0.1, 0.15) is 6.54 Å². The van der Waals surface area contributed by atoms with Gasteiger partial charge in [0, 0.05) is 25.3 Å². The van der Waals surface area contributed by atoms with E-state index in [4.69, 9.17) is 0 Å². The summed E-state index contributed by atoms with van der Waals surface area (Å²) in [5.41, 5.74) is 2.01. The van der Waals surface area contributed by atoms with E-state index in [1.165, 1.54) is 0 Å². The first-order valence-electron chi connectivity index (χ1n) is 8.47. The van der Waals surface area contributed by atoms with Crippen LogP contribution in [0.3, 0.4) is 0 Å². The standard InChI is InChI=1S/C18H20N4O3S2/c1-21-16-8-2-3-9-17(16)26-18(21)20-19-13-15-7-6-11-22(14-15)10-4-5-12-27(23,24)25/h2-3,6-9,11,13-14H,4-5,10,12H2,1H3. The molecule has 3 aromatic rings. The minimum Gasteiger partial charge on any atom is -0.748 e. The summed E-state index contributed by atoms with van der Waals surface area (Å²) in [7, 11) is -2.17. The molecule has 2 heterocycles. The predicted molar refractivity (Wildman–Crippen MR) is 104 cm³/mol. The van der Waals surface area contributed by atoms with Gasteiger partial charge in [-0.25, -0.2) is 13.0 Å². The molecule has 0 amide bonds. The number of rotatable bonds is 7. The van der Waals surface area contributed by atoms with Gasteiger partial charge in [0.05, 0.1) is 32.1 Å². The molecule has 0 aliphatic carbocycles. The highest BCUT2D eigenvalue weighted by Gasteiger charge is 2.03. The van der Waals surface area contributed by atoms with Crippen LogP contribution in [0.25, 0.3) is 10.2 Å². The Morgan fingerprint density at radius 2 is 2.04 bits per heavy atom. The number of benzene rings is 1. The van der Waals surface area contributed by atoms with Gasteiger partial charge in [-0.05, 0) is 24.6 Å². The van der Waals surface area contributed by atoms with Crippen LogP contribution in [-0.4, -0.2) is 29.5 Å². The van der Waals surface area contributed by atoms with Crippen molar-refractivity contribution in [3.05, 3.63) is 59.2 Å². The zero-order valence-electron chi connectivity index (χ0n) is 14.9. The lowest BCUT2D eigenvalue weighted by Crippen LogP contribution is -2.33. The number of hydrogen-bond acceptors (Lipinski definition) is 6. The Bertz CT molecular complexity index is 1130. The van der Waals surface area contributed by atoms with Crippen LogP contribution in [0.1, 0.15) is 18.4 Å². The topological polar surface area (TPSA) is 90.7 Å². The quantitative estimate of drug-likeness (QED) is 0.198. The molecule has 1 aromatic carbocycles. The van der Waals surface area contributed by atoms with E-state index in [-0.39, 0.29) is 5.75 Å². The predicted octanol–water partition coefficient (Wildman–Crippen LogP) is 1.79. The maximum atomic E-state index is 10.6. The van der Waals surface area contributed by atoms with Gasteiger partial charge in [0.15, 0.2) is 12.4 Å². The van der Waals surface area contributed by atoms with Gasteiger partial charge >= 0.3 is 0 Å². The third-order valence-corrected chi connectivity index (χ3v) is 5.90. The van der Waals surface area contributed by atoms with E-state index in [9.17, 15) is 13.0 Å². The smallest absolute Gasteiger partial charge is 0.211 e. The van der Waals surface area contributed by atoms with Gasteiger partial charge in [0.2, 0.25) is 4.80 Å². The number of unbranched alkanes of at least 4 members (excludes halogenated alkanes) is 1. The van der Waals surface area contributed by atoms with Crippen LogP contribution >= 0.6 is 11.3 Å². The van der Waals surface area contributed by atoms with Crippen LogP contribution in [-0.2, 0) is 23.7 Å². The van der Waals surface area contributed by atoms with E-state index in [2.05, 4.69) is 16.3 Å².